The summed E-state index contributed by atoms with van der Waals surface area (Å²) in [6, 6.07) is 12.0. The number of hydrogen-bond donors (Lipinski definition) is 0. The van der Waals surface area contributed by atoms with Crippen LogP contribution in [0.4, 0.5) is 11.5 Å². The predicted molar refractivity (Wildman–Crippen MR) is 137 cm³/mol. The third-order valence-electron chi connectivity index (χ3n) is 5.52. The van der Waals surface area contributed by atoms with E-state index in [2.05, 4.69) is 41.8 Å². The molecule has 34 heavy (non-hydrogen) atoms. The van der Waals surface area contributed by atoms with Gasteiger partial charge in [-0.25, -0.2) is 15.0 Å². The molecular formula is C26H33N7O. The number of benzene rings is 1. The van der Waals surface area contributed by atoms with Crippen molar-refractivity contribution in [2.75, 3.05) is 24.6 Å². The zero-order chi connectivity index (χ0) is 24.1. The number of aryl methyl sites for hydroxylation is 2. The van der Waals surface area contributed by atoms with Crippen LogP contribution < -0.4 is 9.64 Å². The SMILES string of the molecule is CCCOc1ccccc1C1=Nn2nc(C)nc2C1=Nc1ccc(N(CCC)CCC)nc1C. The van der Waals surface area contributed by atoms with E-state index in [1.54, 1.807) is 4.79 Å². The lowest BCUT2D eigenvalue weighted by Crippen LogP contribution is -2.25. The van der Waals surface area contributed by atoms with Crippen molar-refractivity contribution in [3.8, 4) is 5.75 Å². The van der Waals surface area contributed by atoms with Crippen molar-refractivity contribution in [1.82, 2.24) is 19.9 Å². The van der Waals surface area contributed by atoms with Gasteiger partial charge in [-0.3, -0.25) is 0 Å². The van der Waals surface area contributed by atoms with Crippen LogP contribution in [0.15, 0.2) is 46.5 Å². The minimum atomic E-state index is 0.625. The molecule has 0 radical (unpaired) electrons. The number of aromatic nitrogens is 4. The smallest absolute Gasteiger partial charge is 0.204 e. The molecule has 1 aromatic carbocycles. The van der Waals surface area contributed by atoms with Crippen LogP contribution in [0.2, 0.25) is 0 Å². The topological polar surface area (TPSA) is 80.8 Å². The third kappa shape index (κ3) is 4.85. The molecule has 0 spiro atoms. The third-order valence-corrected chi connectivity index (χ3v) is 5.52. The maximum absolute atomic E-state index is 6.00. The van der Waals surface area contributed by atoms with E-state index in [9.17, 15) is 0 Å². The zero-order valence-corrected chi connectivity index (χ0v) is 20.7. The molecule has 0 atom stereocenters. The molecule has 178 valence electrons. The van der Waals surface area contributed by atoms with Crippen LogP contribution >= 0.6 is 0 Å². The quantitative estimate of drug-likeness (QED) is 0.422. The van der Waals surface area contributed by atoms with Crippen molar-refractivity contribution in [2.24, 2.45) is 10.1 Å². The molecule has 0 N–H and O–H groups in total. The maximum Gasteiger partial charge on any atom is 0.204 e. The van der Waals surface area contributed by atoms with E-state index in [-0.39, 0.29) is 0 Å². The van der Waals surface area contributed by atoms with E-state index >= 15 is 0 Å². The van der Waals surface area contributed by atoms with E-state index in [0.29, 0.717) is 29.7 Å². The standard InChI is InChI=1S/C26H33N7O/c1-6-15-32(16-7-2)23-14-13-21(18(4)27-23)29-25-24(31-33-26(25)28-19(5)30-33)20-11-9-10-12-22(20)34-17-8-3/h9-14H,6-8,15-17H2,1-5H3. The molecular weight excluding hydrogens is 426 g/mol. The average molecular weight is 460 g/mol. The number of aliphatic imine (C=N–C) groups is 1. The van der Waals surface area contributed by atoms with Gasteiger partial charge in [0.25, 0.3) is 0 Å². The molecule has 0 amide bonds. The molecule has 0 fully saturated rings. The molecule has 0 bridgehead atoms. The number of pyridine rings is 1. The number of fused-ring (bicyclic) bond motifs is 1. The highest BCUT2D eigenvalue weighted by molar-refractivity contribution is 6.54. The molecule has 0 aliphatic carbocycles. The summed E-state index contributed by atoms with van der Waals surface area (Å²) in [5.41, 5.74) is 3.90. The molecule has 0 unspecified atom stereocenters. The number of ether oxygens (including phenoxy) is 1. The summed E-state index contributed by atoms with van der Waals surface area (Å²) in [6.07, 6.45) is 3.09. The van der Waals surface area contributed by atoms with Gasteiger partial charge in [0.15, 0.2) is 5.82 Å². The van der Waals surface area contributed by atoms with E-state index in [0.717, 1.165) is 60.9 Å². The van der Waals surface area contributed by atoms with Gasteiger partial charge in [0.1, 0.15) is 23.0 Å². The molecule has 3 heterocycles. The second-order valence-corrected chi connectivity index (χ2v) is 8.39. The fourth-order valence-electron chi connectivity index (χ4n) is 3.99. The van der Waals surface area contributed by atoms with Gasteiger partial charge in [-0.1, -0.05) is 32.9 Å². The fourth-order valence-corrected chi connectivity index (χ4v) is 3.99. The Labute approximate surface area is 201 Å². The van der Waals surface area contributed by atoms with Crippen molar-refractivity contribution < 1.29 is 4.74 Å². The van der Waals surface area contributed by atoms with E-state index in [4.69, 9.17) is 19.8 Å². The highest BCUT2D eigenvalue weighted by atomic mass is 16.5. The number of hydrogen-bond acceptors (Lipinski definition) is 7. The second-order valence-electron chi connectivity index (χ2n) is 8.39. The van der Waals surface area contributed by atoms with Crippen molar-refractivity contribution in [3.63, 3.8) is 0 Å². The number of anilines is 1. The Balaban J connectivity index is 1.76. The highest BCUT2D eigenvalue weighted by Gasteiger charge is 2.30. The Kier molecular flexibility index (Phi) is 7.35. The van der Waals surface area contributed by atoms with Gasteiger partial charge < -0.3 is 9.64 Å². The van der Waals surface area contributed by atoms with Crippen molar-refractivity contribution in [1.29, 1.82) is 0 Å². The van der Waals surface area contributed by atoms with Crippen LogP contribution in [-0.2, 0) is 0 Å². The monoisotopic (exact) mass is 459 g/mol. The summed E-state index contributed by atoms with van der Waals surface area (Å²) >= 11 is 0. The first-order chi connectivity index (χ1) is 16.5. The molecule has 2 aromatic heterocycles. The zero-order valence-electron chi connectivity index (χ0n) is 20.7. The average Bonchev–Trinajstić information content (AvgIpc) is 3.35. The summed E-state index contributed by atoms with van der Waals surface area (Å²) < 4.78 is 6.00. The number of nitrogens with zero attached hydrogens (tertiary/aromatic N) is 7. The minimum absolute atomic E-state index is 0.625. The minimum Gasteiger partial charge on any atom is -0.493 e. The summed E-state index contributed by atoms with van der Waals surface area (Å²) in [5.74, 6) is 3.04. The van der Waals surface area contributed by atoms with Gasteiger partial charge >= 0.3 is 0 Å². The second kappa shape index (κ2) is 10.6. The lowest BCUT2D eigenvalue weighted by atomic mass is 10.0. The van der Waals surface area contributed by atoms with Crippen LogP contribution in [0.25, 0.3) is 0 Å². The van der Waals surface area contributed by atoms with Gasteiger partial charge in [-0.2, -0.15) is 0 Å². The Morgan fingerprint density at radius 3 is 2.41 bits per heavy atom. The van der Waals surface area contributed by atoms with Crippen molar-refractivity contribution in [2.45, 2.75) is 53.9 Å². The highest BCUT2D eigenvalue weighted by Crippen LogP contribution is 2.28. The first-order valence-corrected chi connectivity index (χ1v) is 12.1. The molecule has 8 nitrogen and oxygen atoms in total. The molecule has 3 aromatic rings. The first-order valence-electron chi connectivity index (χ1n) is 12.1. The van der Waals surface area contributed by atoms with Crippen LogP contribution in [-0.4, -0.2) is 51.0 Å². The summed E-state index contributed by atoms with van der Waals surface area (Å²) in [6.45, 7) is 12.9. The normalized spacial score (nSPS) is 13.8. The molecule has 4 rings (SSSR count). The van der Waals surface area contributed by atoms with E-state index in [1.165, 1.54) is 0 Å². The van der Waals surface area contributed by atoms with Gasteiger partial charge in [0.2, 0.25) is 5.82 Å². The van der Waals surface area contributed by atoms with Crippen LogP contribution in [0, 0.1) is 13.8 Å². The fraction of sp³-hybridized carbons (Fsp3) is 0.423. The summed E-state index contributed by atoms with van der Waals surface area (Å²) in [4.78, 5) is 18.4. The first kappa shape index (κ1) is 23.6. The van der Waals surface area contributed by atoms with Gasteiger partial charge in [0, 0.05) is 18.7 Å². The summed E-state index contributed by atoms with van der Waals surface area (Å²) in [7, 11) is 0. The van der Waals surface area contributed by atoms with Gasteiger partial charge in [0.05, 0.1) is 18.0 Å². The molecule has 1 aliphatic rings. The van der Waals surface area contributed by atoms with Gasteiger partial charge in [-0.15, -0.1) is 15.0 Å². The van der Waals surface area contributed by atoms with Crippen LogP contribution in [0.1, 0.15) is 62.9 Å². The molecule has 1 aliphatic heterocycles. The lowest BCUT2D eigenvalue weighted by Gasteiger charge is -2.23. The van der Waals surface area contributed by atoms with Crippen molar-refractivity contribution in [3.05, 3.63) is 59.3 Å². The van der Waals surface area contributed by atoms with E-state index in [1.807, 2.05) is 44.2 Å². The number of para-hydroxylation sites is 1. The molecule has 0 saturated carbocycles. The van der Waals surface area contributed by atoms with E-state index < -0.39 is 0 Å². The summed E-state index contributed by atoms with van der Waals surface area (Å²) in [5, 5.41) is 9.16. The Bertz CT molecular complexity index is 1210. The predicted octanol–water partition coefficient (Wildman–Crippen LogP) is 5.09. The van der Waals surface area contributed by atoms with Crippen LogP contribution in [0.3, 0.4) is 0 Å². The Hall–Kier alpha value is -3.55. The molecule has 0 saturated heterocycles. The number of rotatable bonds is 10. The lowest BCUT2D eigenvalue weighted by molar-refractivity contribution is 0.317. The molecule has 8 heteroatoms. The van der Waals surface area contributed by atoms with Gasteiger partial charge in [-0.05, 0) is 57.4 Å². The Morgan fingerprint density at radius 2 is 1.71 bits per heavy atom. The van der Waals surface area contributed by atoms with Crippen molar-refractivity contribution >= 4 is 22.9 Å². The van der Waals surface area contributed by atoms with Crippen LogP contribution in [0.5, 0.6) is 5.75 Å². The maximum atomic E-state index is 6.00. The Morgan fingerprint density at radius 1 is 0.941 bits per heavy atom. The largest absolute Gasteiger partial charge is 0.493 e.